The van der Waals surface area contributed by atoms with Gasteiger partial charge in [0.25, 0.3) is 5.91 Å². The van der Waals surface area contributed by atoms with Crippen LogP contribution in [0.25, 0.3) is 0 Å². The van der Waals surface area contributed by atoms with Gasteiger partial charge in [-0.15, -0.1) is 0 Å². The maximum absolute atomic E-state index is 14.1. The molecule has 0 spiro atoms. The molecule has 1 amide bonds. The highest BCUT2D eigenvalue weighted by atomic mass is 19.1. The van der Waals surface area contributed by atoms with Gasteiger partial charge in [0.05, 0.1) is 12.7 Å². The van der Waals surface area contributed by atoms with Gasteiger partial charge in [0.2, 0.25) is 0 Å². The number of hydrogen-bond acceptors (Lipinski definition) is 3. The summed E-state index contributed by atoms with van der Waals surface area (Å²) in [7, 11) is 1.48. The Morgan fingerprint density at radius 3 is 2.90 bits per heavy atom. The van der Waals surface area contributed by atoms with Gasteiger partial charge in [-0.1, -0.05) is 6.92 Å². The topological polar surface area (TPSA) is 41.6 Å². The van der Waals surface area contributed by atoms with Crippen LogP contribution in [0, 0.1) is 5.82 Å². The molecule has 0 aromatic heterocycles. The van der Waals surface area contributed by atoms with E-state index in [1.165, 1.54) is 19.2 Å². The monoisotopic (exact) mass is 294 g/mol. The fraction of sp³-hybridized carbons (Fsp3) is 0.562. The van der Waals surface area contributed by atoms with Crippen LogP contribution in [0.1, 0.15) is 36.5 Å². The van der Waals surface area contributed by atoms with Crippen molar-refractivity contribution in [1.29, 1.82) is 0 Å². The normalized spacial score (nSPS) is 18.3. The number of nitrogens with one attached hydrogen (secondary N) is 1. The summed E-state index contributed by atoms with van der Waals surface area (Å²) in [4.78, 5) is 14.5. The van der Waals surface area contributed by atoms with Crippen molar-refractivity contribution in [2.45, 2.75) is 32.2 Å². The van der Waals surface area contributed by atoms with Crippen LogP contribution in [0.3, 0.4) is 0 Å². The van der Waals surface area contributed by atoms with Gasteiger partial charge in [-0.2, -0.15) is 0 Å². The largest absolute Gasteiger partial charge is 0.497 e. The summed E-state index contributed by atoms with van der Waals surface area (Å²) in [6.07, 6.45) is 2.87. The van der Waals surface area contributed by atoms with Gasteiger partial charge in [-0.25, -0.2) is 4.39 Å². The van der Waals surface area contributed by atoms with E-state index in [0.29, 0.717) is 12.3 Å². The van der Waals surface area contributed by atoms with Crippen LogP contribution in [0.2, 0.25) is 0 Å². The van der Waals surface area contributed by atoms with Crippen LogP contribution in [0.15, 0.2) is 18.2 Å². The molecule has 21 heavy (non-hydrogen) atoms. The number of nitrogens with zero attached hydrogens (tertiary/aromatic N) is 1. The second kappa shape index (κ2) is 7.41. The highest BCUT2D eigenvalue weighted by Gasteiger charge is 2.27. The number of piperidine rings is 1. The van der Waals surface area contributed by atoms with E-state index < -0.39 is 5.82 Å². The molecule has 4 nitrogen and oxygen atoms in total. The van der Waals surface area contributed by atoms with E-state index in [9.17, 15) is 9.18 Å². The molecule has 1 saturated heterocycles. The Kier molecular flexibility index (Phi) is 5.56. The third-order valence-electron chi connectivity index (χ3n) is 3.84. The number of halogens is 1. The van der Waals surface area contributed by atoms with Gasteiger partial charge in [-0.05, 0) is 37.9 Å². The van der Waals surface area contributed by atoms with Crippen LogP contribution < -0.4 is 10.1 Å². The zero-order valence-corrected chi connectivity index (χ0v) is 12.7. The average molecular weight is 294 g/mol. The summed E-state index contributed by atoms with van der Waals surface area (Å²) in [5.74, 6) is -0.333. The lowest BCUT2D eigenvalue weighted by Gasteiger charge is -2.34. The van der Waals surface area contributed by atoms with Gasteiger partial charge in [0.1, 0.15) is 11.6 Å². The number of hydrogen-bond donors (Lipinski definition) is 1. The second-order valence-corrected chi connectivity index (χ2v) is 5.34. The highest BCUT2D eigenvalue weighted by Crippen LogP contribution is 2.20. The van der Waals surface area contributed by atoms with Crippen molar-refractivity contribution in [3.63, 3.8) is 0 Å². The van der Waals surface area contributed by atoms with E-state index in [1.807, 2.05) is 6.92 Å². The summed E-state index contributed by atoms with van der Waals surface area (Å²) >= 11 is 0. The summed E-state index contributed by atoms with van der Waals surface area (Å²) in [6, 6.07) is 4.54. The lowest BCUT2D eigenvalue weighted by molar-refractivity contribution is 0.0644. The molecule has 1 aromatic carbocycles. The Morgan fingerprint density at radius 1 is 1.52 bits per heavy atom. The molecular weight excluding hydrogens is 271 g/mol. The van der Waals surface area contributed by atoms with Gasteiger partial charge in [0, 0.05) is 25.2 Å². The molecular formula is C16H23FN2O2. The van der Waals surface area contributed by atoms with Crippen LogP contribution in [-0.4, -0.2) is 43.6 Å². The average Bonchev–Trinajstić information content (AvgIpc) is 2.52. The Labute approximate surface area is 125 Å². The summed E-state index contributed by atoms with van der Waals surface area (Å²) in [5.41, 5.74) is 0.120. The lowest BCUT2D eigenvalue weighted by Crippen LogP contribution is -2.49. The fourth-order valence-corrected chi connectivity index (χ4v) is 2.74. The molecule has 0 aliphatic carbocycles. The van der Waals surface area contributed by atoms with Gasteiger partial charge >= 0.3 is 0 Å². The first-order valence-corrected chi connectivity index (χ1v) is 7.52. The lowest BCUT2D eigenvalue weighted by atomic mass is 10.0. The maximum Gasteiger partial charge on any atom is 0.257 e. The van der Waals surface area contributed by atoms with E-state index in [4.69, 9.17) is 4.74 Å². The quantitative estimate of drug-likeness (QED) is 0.907. The zero-order chi connectivity index (χ0) is 15.2. The predicted octanol–water partition coefficient (Wildman–Crippen LogP) is 2.44. The number of benzene rings is 1. The molecule has 1 fully saturated rings. The minimum absolute atomic E-state index is 0.120. The van der Waals surface area contributed by atoms with Crippen LogP contribution >= 0.6 is 0 Å². The molecule has 1 aliphatic heterocycles. The number of amides is 1. The van der Waals surface area contributed by atoms with E-state index in [1.54, 1.807) is 11.0 Å². The molecule has 1 aromatic rings. The Bertz CT molecular complexity index is 487. The summed E-state index contributed by atoms with van der Waals surface area (Å²) in [6.45, 7) is 4.45. The molecule has 2 rings (SSSR count). The Morgan fingerprint density at radius 2 is 2.33 bits per heavy atom. The molecule has 1 aliphatic rings. The molecule has 0 saturated carbocycles. The molecule has 5 heteroatoms. The smallest absolute Gasteiger partial charge is 0.257 e. The van der Waals surface area contributed by atoms with Crippen molar-refractivity contribution in [2.24, 2.45) is 0 Å². The van der Waals surface area contributed by atoms with E-state index >= 15 is 0 Å². The number of rotatable bonds is 5. The van der Waals surface area contributed by atoms with Crippen molar-refractivity contribution < 1.29 is 13.9 Å². The van der Waals surface area contributed by atoms with Crippen molar-refractivity contribution in [1.82, 2.24) is 10.2 Å². The third-order valence-corrected chi connectivity index (χ3v) is 3.84. The summed E-state index contributed by atoms with van der Waals surface area (Å²) in [5, 5.41) is 3.31. The van der Waals surface area contributed by atoms with Crippen LogP contribution in [0.4, 0.5) is 4.39 Å². The van der Waals surface area contributed by atoms with Crippen molar-refractivity contribution in [3.05, 3.63) is 29.6 Å². The first kappa shape index (κ1) is 15.8. The fourth-order valence-electron chi connectivity index (χ4n) is 2.74. The first-order chi connectivity index (χ1) is 10.2. The van der Waals surface area contributed by atoms with Gasteiger partial charge in [-0.3, -0.25) is 4.79 Å². The molecule has 1 atom stereocenters. The Hall–Kier alpha value is -1.62. The highest BCUT2D eigenvalue weighted by molar-refractivity contribution is 5.94. The molecule has 1 heterocycles. The molecule has 1 N–H and O–H groups in total. The summed E-state index contributed by atoms with van der Waals surface area (Å²) < 4.78 is 19.1. The van der Waals surface area contributed by atoms with E-state index in [-0.39, 0.29) is 17.5 Å². The number of ether oxygens (including phenoxy) is 1. The van der Waals surface area contributed by atoms with E-state index in [2.05, 4.69) is 5.32 Å². The van der Waals surface area contributed by atoms with E-state index in [0.717, 1.165) is 32.4 Å². The van der Waals surface area contributed by atoms with Gasteiger partial charge in [0.15, 0.2) is 0 Å². The van der Waals surface area contributed by atoms with Crippen molar-refractivity contribution in [2.75, 3.05) is 26.7 Å². The van der Waals surface area contributed by atoms with Crippen LogP contribution in [-0.2, 0) is 0 Å². The number of methoxy groups -OCH3 is 1. The SMILES string of the molecule is CCCN(C(=O)c1ccc(OC)cc1F)C1CCCNC1. The predicted molar refractivity (Wildman–Crippen MR) is 80.2 cm³/mol. The second-order valence-electron chi connectivity index (χ2n) is 5.34. The first-order valence-electron chi connectivity index (χ1n) is 7.52. The molecule has 0 radical (unpaired) electrons. The maximum atomic E-state index is 14.1. The van der Waals surface area contributed by atoms with Crippen molar-refractivity contribution in [3.8, 4) is 5.75 Å². The third kappa shape index (κ3) is 3.73. The molecule has 0 bridgehead atoms. The molecule has 116 valence electrons. The van der Waals surface area contributed by atoms with Gasteiger partial charge < -0.3 is 15.0 Å². The minimum atomic E-state index is -0.524. The van der Waals surface area contributed by atoms with Crippen LogP contribution in [0.5, 0.6) is 5.75 Å². The molecule has 1 unspecified atom stereocenters. The zero-order valence-electron chi connectivity index (χ0n) is 12.7. The van der Waals surface area contributed by atoms with Crippen molar-refractivity contribution >= 4 is 5.91 Å². The number of carbonyl (C=O) groups excluding carboxylic acids is 1. The standard InChI is InChI=1S/C16H23FN2O2/c1-3-9-19(12-5-4-8-18-11-12)16(20)14-7-6-13(21-2)10-15(14)17/h6-7,10,12,18H,3-5,8-9,11H2,1-2H3. The Balaban J connectivity index is 2.21. The minimum Gasteiger partial charge on any atom is -0.497 e. The number of carbonyl (C=O) groups is 1.